The van der Waals surface area contributed by atoms with Crippen molar-refractivity contribution in [3.8, 4) is 0 Å². The molecule has 0 N–H and O–H groups in total. The van der Waals surface area contributed by atoms with E-state index in [1.165, 1.54) is 5.56 Å². The number of hydrogen-bond acceptors (Lipinski definition) is 2. The van der Waals surface area contributed by atoms with Gasteiger partial charge in [0.25, 0.3) is 0 Å². The van der Waals surface area contributed by atoms with Crippen molar-refractivity contribution < 1.29 is 0 Å². The summed E-state index contributed by atoms with van der Waals surface area (Å²) in [7, 11) is 0. The summed E-state index contributed by atoms with van der Waals surface area (Å²) in [5, 5.41) is 0. The van der Waals surface area contributed by atoms with Crippen LogP contribution < -0.4 is 0 Å². The van der Waals surface area contributed by atoms with Crippen LogP contribution in [-0.4, -0.2) is 16.7 Å². The number of aryl methyl sites for hydroxylation is 1. The quantitative estimate of drug-likeness (QED) is 0.611. The second-order valence-corrected chi connectivity index (χ2v) is 4.14. The standard InChI is InChI=1S/C12H14N2/c1-9-11-4-6-12(2,3)14-8-10(11)5-7-13-9/h4-8H,1-3H3. The van der Waals surface area contributed by atoms with Crippen LogP contribution in [0.4, 0.5) is 0 Å². The Morgan fingerprint density at radius 1 is 1.29 bits per heavy atom. The summed E-state index contributed by atoms with van der Waals surface area (Å²) in [6.07, 6.45) is 7.99. The lowest BCUT2D eigenvalue weighted by Crippen LogP contribution is -2.11. The zero-order valence-corrected chi connectivity index (χ0v) is 8.78. The third-order valence-corrected chi connectivity index (χ3v) is 2.42. The third-order valence-electron chi connectivity index (χ3n) is 2.42. The molecule has 0 fully saturated rings. The largest absolute Gasteiger partial charge is 0.282 e. The second-order valence-electron chi connectivity index (χ2n) is 4.14. The van der Waals surface area contributed by atoms with Gasteiger partial charge in [-0.3, -0.25) is 9.98 Å². The Hall–Kier alpha value is -1.44. The predicted octanol–water partition coefficient (Wildman–Crippen LogP) is 2.61. The van der Waals surface area contributed by atoms with Gasteiger partial charge in [0.1, 0.15) is 0 Å². The molecule has 0 amide bonds. The Balaban J connectivity index is 2.60. The van der Waals surface area contributed by atoms with Crippen LogP contribution in [-0.2, 0) is 0 Å². The van der Waals surface area contributed by atoms with Crippen LogP contribution in [0.15, 0.2) is 23.3 Å². The van der Waals surface area contributed by atoms with Crippen LogP contribution in [0.1, 0.15) is 30.7 Å². The molecule has 1 aliphatic heterocycles. The van der Waals surface area contributed by atoms with E-state index >= 15 is 0 Å². The molecular weight excluding hydrogens is 172 g/mol. The molecule has 2 rings (SSSR count). The van der Waals surface area contributed by atoms with E-state index < -0.39 is 0 Å². The molecule has 2 nitrogen and oxygen atoms in total. The summed E-state index contributed by atoms with van der Waals surface area (Å²) in [5.41, 5.74) is 3.29. The zero-order valence-electron chi connectivity index (χ0n) is 8.78. The van der Waals surface area contributed by atoms with Gasteiger partial charge in [-0.25, -0.2) is 0 Å². The smallest absolute Gasteiger partial charge is 0.0735 e. The van der Waals surface area contributed by atoms with E-state index in [0.29, 0.717) is 0 Å². The average Bonchev–Trinajstić information content (AvgIpc) is 2.27. The van der Waals surface area contributed by atoms with Crippen molar-refractivity contribution in [1.82, 2.24) is 4.98 Å². The number of aromatic nitrogens is 1. The molecule has 0 saturated carbocycles. The van der Waals surface area contributed by atoms with Gasteiger partial charge in [-0.2, -0.15) is 0 Å². The van der Waals surface area contributed by atoms with E-state index in [4.69, 9.17) is 0 Å². The minimum Gasteiger partial charge on any atom is -0.282 e. The van der Waals surface area contributed by atoms with Gasteiger partial charge in [0.2, 0.25) is 0 Å². The van der Waals surface area contributed by atoms with Gasteiger partial charge in [0.05, 0.1) is 5.54 Å². The van der Waals surface area contributed by atoms with E-state index in [0.717, 1.165) is 11.3 Å². The lowest BCUT2D eigenvalue weighted by molar-refractivity contribution is 0.665. The first-order valence-corrected chi connectivity index (χ1v) is 4.78. The normalized spacial score (nSPS) is 17.6. The molecule has 0 aromatic carbocycles. The molecular formula is C12H14N2. The molecule has 0 spiro atoms. The summed E-state index contributed by atoms with van der Waals surface area (Å²) >= 11 is 0. The lowest BCUT2D eigenvalue weighted by Gasteiger charge is -2.11. The van der Waals surface area contributed by atoms with Crippen LogP contribution in [0.25, 0.3) is 6.08 Å². The molecule has 0 saturated heterocycles. The second kappa shape index (κ2) is 3.05. The number of hydrogen-bond donors (Lipinski definition) is 0. The van der Waals surface area contributed by atoms with Crippen LogP contribution in [0.5, 0.6) is 0 Å². The van der Waals surface area contributed by atoms with Gasteiger partial charge >= 0.3 is 0 Å². The maximum atomic E-state index is 4.50. The van der Waals surface area contributed by atoms with Crippen molar-refractivity contribution >= 4 is 12.3 Å². The average molecular weight is 186 g/mol. The van der Waals surface area contributed by atoms with Gasteiger partial charge in [0.15, 0.2) is 0 Å². The van der Waals surface area contributed by atoms with Crippen LogP contribution in [0, 0.1) is 6.92 Å². The maximum Gasteiger partial charge on any atom is 0.0735 e. The predicted molar refractivity (Wildman–Crippen MR) is 59.7 cm³/mol. The topological polar surface area (TPSA) is 25.2 Å². The van der Waals surface area contributed by atoms with Crippen molar-refractivity contribution in [2.45, 2.75) is 26.3 Å². The maximum absolute atomic E-state index is 4.50. The molecule has 2 heteroatoms. The Kier molecular flexibility index (Phi) is 1.99. The summed E-state index contributed by atoms with van der Waals surface area (Å²) in [6.45, 7) is 6.21. The number of pyridine rings is 1. The van der Waals surface area contributed by atoms with Gasteiger partial charge in [-0.1, -0.05) is 12.2 Å². The van der Waals surface area contributed by atoms with E-state index in [1.54, 1.807) is 0 Å². The van der Waals surface area contributed by atoms with E-state index in [9.17, 15) is 0 Å². The van der Waals surface area contributed by atoms with Crippen LogP contribution in [0.3, 0.4) is 0 Å². The Morgan fingerprint density at radius 3 is 2.86 bits per heavy atom. The van der Waals surface area contributed by atoms with Gasteiger partial charge in [-0.15, -0.1) is 0 Å². The minimum atomic E-state index is -0.106. The molecule has 0 aliphatic carbocycles. The molecule has 14 heavy (non-hydrogen) atoms. The highest BCUT2D eigenvalue weighted by Gasteiger charge is 2.14. The van der Waals surface area contributed by atoms with E-state index in [2.05, 4.69) is 36.0 Å². The molecule has 1 aromatic rings. The van der Waals surface area contributed by atoms with Gasteiger partial charge < -0.3 is 0 Å². The molecule has 2 heterocycles. The number of rotatable bonds is 0. The number of fused-ring (bicyclic) bond motifs is 1. The van der Waals surface area contributed by atoms with Crippen molar-refractivity contribution in [3.05, 3.63) is 35.2 Å². The molecule has 0 unspecified atom stereocenters. The minimum absolute atomic E-state index is 0.106. The van der Waals surface area contributed by atoms with Crippen molar-refractivity contribution in [3.63, 3.8) is 0 Å². The third kappa shape index (κ3) is 1.60. The SMILES string of the molecule is Cc1nccc2c1C=CC(C)(C)N=C2. The van der Waals surface area contributed by atoms with Crippen molar-refractivity contribution in [1.29, 1.82) is 0 Å². The van der Waals surface area contributed by atoms with E-state index in [-0.39, 0.29) is 5.54 Å². The molecule has 0 atom stereocenters. The fourth-order valence-electron chi connectivity index (χ4n) is 1.49. The summed E-state index contributed by atoms with van der Waals surface area (Å²) < 4.78 is 0. The Bertz CT molecular complexity index is 414. The zero-order chi connectivity index (χ0) is 10.2. The lowest BCUT2D eigenvalue weighted by atomic mass is 10.0. The molecule has 0 radical (unpaired) electrons. The van der Waals surface area contributed by atoms with E-state index in [1.807, 2.05) is 25.4 Å². The highest BCUT2D eigenvalue weighted by atomic mass is 14.8. The molecule has 1 aliphatic rings. The summed E-state index contributed by atoms with van der Waals surface area (Å²) in [5.74, 6) is 0. The van der Waals surface area contributed by atoms with Crippen molar-refractivity contribution in [2.24, 2.45) is 4.99 Å². The molecule has 0 bridgehead atoms. The highest BCUT2D eigenvalue weighted by molar-refractivity contribution is 5.87. The summed E-state index contributed by atoms with van der Waals surface area (Å²) in [4.78, 5) is 8.77. The molecule has 1 aromatic heterocycles. The van der Waals surface area contributed by atoms with Gasteiger partial charge in [-0.05, 0) is 26.8 Å². The summed E-state index contributed by atoms with van der Waals surface area (Å²) in [6, 6.07) is 2.00. The number of aliphatic imine (C=N–C) groups is 1. The Labute approximate surface area is 84.4 Å². The first kappa shape index (κ1) is 9.13. The first-order chi connectivity index (χ1) is 6.58. The van der Waals surface area contributed by atoms with Gasteiger partial charge in [0, 0.05) is 29.2 Å². The fraction of sp³-hybridized carbons (Fsp3) is 0.333. The highest BCUT2D eigenvalue weighted by Crippen LogP contribution is 2.21. The first-order valence-electron chi connectivity index (χ1n) is 4.78. The van der Waals surface area contributed by atoms with Crippen molar-refractivity contribution in [2.75, 3.05) is 0 Å². The van der Waals surface area contributed by atoms with Crippen LogP contribution in [0.2, 0.25) is 0 Å². The molecule has 72 valence electrons. The van der Waals surface area contributed by atoms with Crippen LogP contribution >= 0.6 is 0 Å². The Morgan fingerprint density at radius 2 is 2.07 bits per heavy atom. The number of nitrogens with zero attached hydrogens (tertiary/aromatic N) is 2. The monoisotopic (exact) mass is 186 g/mol. The fourth-order valence-corrected chi connectivity index (χ4v) is 1.49.